The van der Waals surface area contributed by atoms with Gasteiger partial charge in [0.1, 0.15) is 13.0 Å². The summed E-state index contributed by atoms with van der Waals surface area (Å²) in [5.74, 6) is 0.271. The zero-order chi connectivity index (χ0) is 16.2. The van der Waals surface area contributed by atoms with Crippen molar-refractivity contribution >= 4 is 76.9 Å². The fourth-order valence-corrected chi connectivity index (χ4v) is 3.58. The van der Waals surface area contributed by atoms with Gasteiger partial charge in [-0.05, 0) is 19.3 Å². The predicted octanol–water partition coefficient (Wildman–Crippen LogP) is 4.60. The standard InChI is InChI=1S/C12H15BCl6O3/c14-10(15)1-7(10)4-20-13(21-5-8-2-11(8,16)17)22-6-9-3-12(9,18)19/h7-9H,1-6H2. The van der Waals surface area contributed by atoms with Crippen LogP contribution in [0.2, 0.25) is 0 Å². The van der Waals surface area contributed by atoms with Gasteiger partial charge < -0.3 is 14.0 Å². The molecule has 0 spiro atoms. The molecule has 3 aliphatic rings. The lowest BCUT2D eigenvalue weighted by Crippen LogP contribution is -2.31. The van der Waals surface area contributed by atoms with Crippen LogP contribution in [0.4, 0.5) is 0 Å². The highest BCUT2D eigenvalue weighted by Crippen LogP contribution is 2.55. The molecule has 3 rings (SSSR count). The Balaban J connectivity index is 1.40. The highest BCUT2D eigenvalue weighted by atomic mass is 35.5. The van der Waals surface area contributed by atoms with Gasteiger partial charge in [0, 0.05) is 37.6 Å². The molecule has 10 heteroatoms. The van der Waals surface area contributed by atoms with Crippen molar-refractivity contribution < 1.29 is 14.0 Å². The van der Waals surface area contributed by atoms with E-state index in [1.807, 2.05) is 0 Å². The van der Waals surface area contributed by atoms with Crippen LogP contribution < -0.4 is 0 Å². The van der Waals surface area contributed by atoms with Crippen LogP contribution in [0.25, 0.3) is 0 Å². The predicted molar refractivity (Wildman–Crippen MR) is 91.2 cm³/mol. The molecule has 0 radical (unpaired) electrons. The van der Waals surface area contributed by atoms with Crippen LogP contribution in [-0.2, 0) is 14.0 Å². The fraction of sp³-hybridized carbons (Fsp3) is 1.00. The van der Waals surface area contributed by atoms with Gasteiger partial charge in [0.15, 0.2) is 0 Å². The maximum absolute atomic E-state index is 5.97. The zero-order valence-electron chi connectivity index (χ0n) is 11.5. The third-order valence-corrected chi connectivity index (χ3v) is 6.95. The topological polar surface area (TPSA) is 27.7 Å². The van der Waals surface area contributed by atoms with Crippen molar-refractivity contribution in [1.29, 1.82) is 0 Å². The Kier molecular flexibility index (Phi) is 5.41. The lowest BCUT2D eigenvalue weighted by molar-refractivity contribution is 0.0819. The fourth-order valence-electron chi connectivity index (χ4n) is 2.08. The van der Waals surface area contributed by atoms with Gasteiger partial charge in [-0.2, -0.15) is 0 Å². The molecule has 3 nitrogen and oxygen atoms in total. The molecule has 0 aromatic carbocycles. The Hall–Kier alpha value is 1.68. The first-order chi connectivity index (χ1) is 10.1. The third-order valence-electron chi connectivity index (χ3n) is 4.17. The number of alkyl halides is 6. The van der Waals surface area contributed by atoms with Crippen molar-refractivity contribution in [2.24, 2.45) is 17.8 Å². The Labute approximate surface area is 160 Å². The normalized spacial score (nSPS) is 36.0. The number of rotatable bonds is 9. The smallest absolute Gasteiger partial charge is 0.385 e. The Morgan fingerprint density at radius 2 is 0.864 bits per heavy atom. The second kappa shape index (κ2) is 6.44. The van der Waals surface area contributed by atoms with E-state index in [1.165, 1.54) is 0 Å². The summed E-state index contributed by atoms with van der Waals surface area (Å²) in [4.78, 5) is 0. The molecule has 0 aliphatic heterocycles. The van der Waals surface area contributed by atoms with E-state index in [4.69, 9.17) is 83.6 Å². The third kappa shape index (κ3) is 4.86. The molecule has 126 valence electrons. The maximum Gasteiger partial charge on any atom is 0.639 e. The van der Waals surface area contributed by atoms with Crippen molar-refractivity contribution in [1.82, 2.24) is 0 Å². The summed E-state index contributed by atoms with van der Waals surface area (Å²) >= 11 is 35.8. The molecule has 0 bridgehead atoms. The van der Waals surface area contributed by atoms with Crippen molar-refractivity contribution in [3.8, 4) is 0 Å². The Morgan fingerprint density at radius 1 is 0.636 bits per heavy atom. The van der Waals surface area contributed by atoms with E-state index in [9.17, 15) is 0 Å². The van der Waals surface area contributed by atoms with Gasteiger partial charge in [-0.1, -0.05) is 0 Å². The van der Waals surface area contributed by atoms with Gasteiger partial charge >= 0.3 is 7.32 Å². The molecular weight excluding hydrogens is 416 g/mol. The van der Waals surface area contributed by atoms with Crippen LogP contribution in [0.5, 0.6) is 0 Å². The molecule has 0 N–H and O–H groups in total. The molecule has 0 aromatic heterocycles. The SMILES string of the molecule is ClC1(Cl)CC1COB(OCC1CC1(Cl)Cl)OCC1CC1(Cl)Cl. The number of hydrogen-bond acceptors (Lipinski definition) is 3. The molecule has 0 aromatic rings. The second-order valence-corrected chi connectivity index (χ2v) is 10.9. The molecule has 3 saturated carbocycles. The van der Waals surface area contributed by atoms with Gasteiger partial charge in [-0.25, -0.2) is 0 Å². The monoisotopic (exact) mass is 428 g/mol. The highest BCUT2D eigenvalue weighted by Gasteiger charge is 2.55. The van der Waals surface area contributed by atoms with Gasteiger partial charge in [-0.15, -0.1) is 69.6 Å². The Morgan fingerprint density at radius 3 is 1.05 bits per heavy atom. The molecule has 0 saturated heterocycles. The van der Waals surface area contributed by atoms with E-state index in [2.05, 4.69) is 0 Å². The molecule has 0 amide bonds. The minimum Gasteiger partial charge on any atom is -0.385 e. The van der Waals surface area contributed by atoms with Crippen molar-refractivity contribution in [2.45, 2.75) is 32.3 Å². The zero-order valence-corrected chi connectivity index (χ0v) is 16.1. The largest absolute Gasteiger partial charge is 0.639 e. The lowest BCUT2D eigenvalue weighted by Gasteiger charge is -2.15. The second-order valence-electron chi connectivity index (χ2n) is 6.27. The van der Waals surface area contributed by atoms with Gasteiger partial charge in [0.25, 0.3) is 0 Å². The average Bonchev–Trinajstić information content (AvgIpc) is 3.30. The summed E-state index contributed by atoms with van der Waals surface area (Å²) in [6.45, 7) is 1.10. The van der Waals surface area contributed by atoms with Crippen LogP contribution >= 0.6 is 69.6 Å². The van der Waals surface area contributed by atoms with Gasteiger partial charge in [0.2, 0.25) is 0 Å². The van der Waals surface area contributed by atoms with Crippen LogP contribution in [0.1, 0.15) is 19.3 Å². The van der Waals surface area contributed by atoms with Gasteiger partial charge in [0.05, 0.1) is 0 Å². The van der Waals surface area contributed by atoms with Crippen molar-refractivity contribution in [3.63, 3.8) is 0 Å². The van der Waals surface area contributed by atoms with E-state index >= 15 is 0 Å². The molecule has 3 fully saturated rings. The first kappa shape index (κ1) is 18.5. The Bertz CT molecular complexity index is 373. The molecule has 22 heavy (non-hydrogen) atoms. The molecule has 3 atom stereocenters. The maximum atomic E-state index is 5.97. The number of halogens is 6. The summed E-state index contributed by atoms with van der Waals surface area (Å²) in [6, 6.07) is 0. The minimum absolute atomic E-state index is 0.0904. The first-order valence-electron chi connectivity index (χ1n) is 7.08. The van der Waals surface area contributed by atoms with Crippen molar-refractivity contribution in [3.05, 3.63) is 0 Å². The van der Waals surface area contributed by atoms with E-state index in [0.717, 1.165) is 0 Å². The summed E-state index contributed by atoms with van der Waals surface area (Å²) in [5, 5.41) is 0. The van der Waals surface area contributed by atoms with Crippen LogP contribution in [0, 0.1) is 17.8 Å². The quantitative estimate of drug-likeness (QED) is 0.395. The van der Waals surface area contributed by atoms with Crippen LogP contribution in [-0.4, -0.2) is 40.1 Å². The van der Waals surface area contributed by atoms with E-state index in [-0.39, 0.29) is 17.8 Å². The van der Waals surface area contributed by atoms with Crippen molar-refractivity contribution in [2.75, 3.05) is 19.8 Å². The molecule has 0 heterocycles. The van der Waals surface area contributed by atoms with E-state index in [0.29, 0.717) is 39.1 Å². The molecule has 3 unspecified atom stereocenters. The van der Waals surface area contributed by atoms with Crippen LogP contribution in [0.3, 0.4) is 0 Å². The molecular formula is C12H15BCl6O3. The summed E-state index contributed by atoms with van der Waals surface area (Å²) < 4.78 is 14.7. The van der Waals surface area contributed by atoms with E-state index in [1.54, 1.807) is 0 Å². The van der Waals surface area contributed by atoms with Gasteiger partial charge in [-0.3, -0.25) is 0 Å². The number of hydrogen-bond donors (Lipinski definition) is 0. The first-order valence-corrected chi connectivity index (χ1v) is 9.35. The minimum atomic E-state index is -0.820. The summed E-state index contributed by atoms with van der Waals surface area (Å²) in [6.07, 6.45) is 2.10. The summed E-state index contributed by atoms with van der Waals surface area (Å²) in [5.41, 5.74) is 0. The lowest BCUT2D eigenvalue weighted by atomic mass is 10.2. The summed E-state index contributed by atoms with van der Waals surface area (Å²) in [7, 11) is -0.820. The average molecular weight is 431 g/mol. The molecule has 3 aliphatic carbocycles. The highest BCUT2D eigenvalue weighted by molar-refractivity contribution is 6.51. The van der Waals surface area contributed by atoms with Crippen LogP contribution in [0.15, 0.2) is 0 Å². The van der Waals surface area contributed by atoms with E-state index < -0.39 is 20.3 Å².